The molecule has 1 saturated carbocycles. The van der Waals surface area contributed by atoms with Crippen LogP contribution in [0, 0.1) is 24.7 Å². The van der Waals surface area contributed by atoms with Crippen LogP contribution < -0.4 is 5.73 Å². The molecule has 2 heterocycles. The van der Waals surface area contributed by atoms with E-state index in [-0.39, 0.29) is 5.82 Å². The number of fused-ring (bicyclic) bond motifs is 1. The van der Waals surface area contributed by atoms with E-state index >= 15 is 0 Å². The van der Waals surface area contributed by atoms with E-state index in [9.17, 15) is 9.90 Å². The summed E-state index contributed by atoms with van der Waals surface area (Å²) in [4.78, 5) is 18.0. The molecule has 1 saturated heterocycles. The van der Waals surface area contributed by atoms with Crippen LogP contribution in [-0.4, -0.2) is 50.4 Å². The van der Waals surface area contributed by atoms with E-state index in [0.29, 0.717) is 18.3 Å². The van der Waals surface area contributed by atoms with Crippen LogP contribution in [0.15, 0.2) is 72.8 Å². The van der Waals surface area contributed by atoms with Gasteiger partial charge in [-0.05, 0) is 71.0 Å². The van der Waals surface area contributed by atoms with Crippen LogP contribution in [0.3, 0.4) is 0 Å². The highest BCUT2D eigenvalue weighted by atomic mass is 16.3. The smallest absolute Gasteiger partial charge is 0.288 e. The van der Waals surface area contributed by atoms with E-state index in [1.54, 1.807) is 11.6 Å². The molecule has 1 aromatic heterocycles. The van der Waals surface area contributed by atoms with Crippen molar-refractivity contribution in [1.82, 2.24) is 19.7 Å². The van der Waals surface area contributed by atoms with Crippen molar-refractivity contribution in [3.05, 3.63) is 101 Å². The number of aromatic nitrogens is 3. The molecule has 0 bridgehead atoms. The van der Waals surface area contributed by atoms with Crippen molar-refractivity contribution < 1.29 is 9.90 Å². The number of aliphatic hydroxyl groups excluding tert-OH is 1. The third-order valence-corrected chi connectivity index (χ3v) is 7.88. The minimum Gasteiger partial charge on any atom is -0.396 e. The van der Waals surface area contributed by atoms with Crippen molar-refractivity contribution in [2.24, 2.45) is 23.5 Å². The first-order valence-corrected chi connectivity index (χ1v) is 12.8. The summed E-state index contributed by atoms with van der Waals surface area (Å²) < 4.78 is 1.63. The lowest BCUT2D eigenvalue weighted by molar-refractivity contribution is 0.0990. The van der Waals surface area contributed by atoms with Crippen LogP contribution in [0.5, 0.6) is 0 Å². The molecule has 7 nitrogen and oxygen atoms in total. The average molecular weight is 494 g/mol. The van der Waals surface area contributed by atoms with Gasteiger partial charge in [-0.15, -0.1) is 5.10 Å². The van der Waals surface area contributed by atoms with Gasteiger partial charge >= 0.3 is 0 Å². The molecule has 1 amide bonds. The maximum Gasteiger partial charge on any atom is 0.288 e. The van der Waals surface area contributed by atoms with Crippen LogP contribution in [0.2, 0.25) is 0 Å². The van der Waals surface area contributed by atoms with E-state index in [2.05, 4.69) is 75.6 Å². The van der Waals surface area contributed by atoms with Gasteiger partial charge in [0.1, 0.15) is 5.82 Å². The first-order valence-electron chi connectivity index (χ1n) is 12.8. The number of aliphatic hydroxyl groups is 1. The zero-order valence-corrected chi connectivity index (χ0v) is 20.9. The van der Waals surface area contributed by atoms with Crippen molar-refractivity contribution in [1.29, 1.82) is 0 Å². The molecular formula is C30H31N5O2. The Bertz CT molecular complexity index is 1400. The van der Waals surface area contributed by atoms with Gasteiger partial charge in [-0.1, -0.05) is 60.7 Å². The molecule has 0 spiro atoms. The third-order valence-electron chi connectivity index (χ3n) is 7.88. The Kier molecular flexibility index (Phi) is 6.10. The molecule has 3 aromatic carbocycles. The highest BCUT2D eigenvalue weighted by molar-refractivity contribution is 5.88. The van der Waals surface area contributed by atoms with Gasteiger partial charge in [-0.25, -0.2) is 9.67 Å². The fraction of sp³-hybridized carbons (Fsp3) is 0.300. The van der Waals surface area contributed by atoms with E-state index in [0.717, 1.165) is 43.6 Å². The number of rotatable bonds is 8. The quantitative estimate of drug-likeness (QED) is 0.391. The lowest BCUT2D eigenvalue weighted by Crippen LogP contribution is -2.24. The fourth-order valence-electron chi connectivity index (χ4n) is 5.74. The standard InChI is InChI=1S/C30H31N5O2/c1-19-32-30(29(31)37)33-35(19)25-12-6-21(7-13-25)14-20-2-8-23(9-3-20)24-10-4-22(5-11-24)15-34-16-26-27(17-34)28(26)18-36/h2-13,26-28,36H,14-18H2,1H3,(H2,31,37)/t26-,27+,28+. The third kappa shape index (κ3) is 4.80. The normalized spacial score (nSPS) is 20.6. The Morgan fingerprint density at radius 3 is 1.95 bits per heavy atom. The van der Waals surface area contributed by atoms with Crippen LogP contribution in [-0.2, 0) is 13.0 Å². The zero-order chi connectivity index (χ0) is 25.5. The summed E-state index contributed by atoms with van der Waals surface area (Å²) in [6, 6.07) is 25.8. The predicted octanol–water partition coefficient (Wildman–Crippen LogP) is 3.60. The number of piperidine rings is 1. The summed E-state index contributed by atoms with van der Waals surface area (Å²) in [5.74, 6) is 2.01. The number of benzene rings is 3. The molecule has 2 fully saturated rings. The number of primary amides is 1. The van der Waals surface area contributed by atoms with Gasteiger partial charge in [0.2, 0.25) is 5.82 Å². The predicted molar refractivity (Wildman–Crippen MR) is 142 cm³/mol. The van der Waals surface area contributed by atoms with E-state index < -0.39 is 5.91 Å². The van der Waals surface area contributed by atoms with Gasteiger partial charge in [0.25, 0.3) is 5.91 Å². The van der Waals surface area contributed by atoms with Crippen LogP contribution in [0.4, 0.5) is 0 Å². The van der Waals surface area contributed by atoms with Gasteiger partial charge in [-0.3, -0.25) is 9.69 Å². The number of amides is 1. The van der Waals surface area contributed by atoms with Gasteiger partial charge in [0.15, 0.2) is 0 Å². The van der Waals surface area contributed by atoms with E-state index in [1.807, 2.05) is 12.1 Å². The second-order valence-electron chi connectivity index (χ2n) is 10.4. The molecule has 4 aromatic rings. The van der Waals surface area contributed by atoms with Crippen molar-refractivity contribution >= 4 is 5.91 Å². The Hall–Kier alpha value is -3.81. The van der Waals surface area contributed by atoms with Crippen LogP contribution >= 0.6 is 0 Å². The number of carbonyl (C=O) groups excluding carboxylic acids is 1. The van der Waals surface area contributed by atoms with Gasteiger partial charge in [-0.2, -0.15) is 0 Å². The Balaban J connectivity index is 1.06. The van der Waals surface area contributed by atoms with Crippen molar-refractivity contribution in [3.8, 4) is 16.8 Å². The molecule has 1 aliphatic heterocycles. The highest BCUT2D eigenvalue weighted by Gasteiger charge is 2.54. The largest absolute Gasteiger partial charge is 0.396 e. The second-order valence-corrected chi connectivity index (χ2v) is 10.4. The molecule has 1 aliphatic carbocycles. The molecule has 37 heavy (non-hydrogen) atoms. The second kappa shape index (κ2) is 9.57. The molecule has 0 unspecified atom stereocenters. The zero-order valence-electron chi connectivity index (χ0n) is 20.9. The number of nitrogens with two attached hydrogens (primary N) is 1. The summed E-state index contributed by atoms with van der Waals surface area (Å²) in [5, 5.41) is 13.5. The van der Waals surface area contributed by atoms with Gasteiger partial charge < -0.3 is 10.8 Å². The number of aryl methyl sites for hydroxylation is 1. The monoisotopic (exact) mass is 493 g/mol. The molecule has 188 valence electrons. The van der Waals surface area contributed by atoms with Crippen molar-refractivity contribution in [3.63, 3.8) is 0 Å². The SMILES string of the molecule is Cc1nc(C(N)=O)nn1-c1ccc(Cc2ccc(-c3ccc(CN4C[C@@H]5[C@@H](CO)[C@@H]5C4)cc3)cc2)cc1. The van der Waals surface area contributed by atoms with Gasteiger partial charge in [0.05, 0.1) is 5.69 Å². The van der Waals surface area contributed by atoms with E-state index in [1.165, 1.54) is 27.8 Å². The topological polar surface area (TPSA) is 97.3 Å². The Labute approximate surface area is 216 Å². The molecule has 0 radical (unpaired) electrons. The molecule has 2 aliphatic rings. The Morgan fingerprint density at radius 2 is 1.43 bits per heavy atom. The van der Waals surface area contributed by atoms with Crippen LogP contribution in [0.25, 0.3) is 16.8 Å². The lowest BCUT2D eigenvalue weighted by atomic mass is 9.99. The van der Waals surface area contributed by atoms with Gasteiger partial charge in [0, 0.05) is 26.2 Å². The number of hydrogen-bond donors (Lipinski definition) is 2. The average Bonchev–Trinajstić information content (AvgIpc) is 3.19. The first kappa shape index (κ1) is 23.6. The molecular weight excluding hydrogens is 462 g/mol. The minimum atomic E-state index is -0.631. The molecule has 7 heteroatoms. The maximum atomic E-state index is 11.4. The lowest BCUT2D eigenvalue weighted by Gasteiger charge is -2.19. The maximum absolute atomic E-state index is 11.4. The fourth-order valence-corrected chi connectivity index (χ4v) is 5.74. The molecule has 3 N–H and O–H groups in total. The highest BCUT2D eigenvalue weighted by Crippen LogP contribution is 2.51. The first-order chi connectivity index (χ1) is 18.0. The summed E-state index contributed by atoms with van der Waals surface area (Å²) in [6.07, 6.45) is 0.831. The summed E-state index contributed by atoms with van der Waals surface area (Å²) in [5.41, 5.74) is 12.4. The summed E-state index contributed by atoms with van der Waals surface area (Å²) in [7, 11) is 0. The minimum absolute atomic E-state index is 0.0242. The van der Waals surface area contributed by atoms with Crippen molar-refractivity contribution in [2.45, 2.75) is 19.9 Å². The summed E-state index contributed by atoms with van der Waals surface area (Å²) in [6.45, 7) is 5.39. The van der Waals surface area contributed by atoms with Crippen molar-refractivity contribution in [2.75, 3.05) is 19.7 Å². The number of likely N-dealkylation sites (tertiary alicyclic amines) is 1. The number of carbonyl (C=O) groups is 1. The summed E-state index contributed by atoms with van der Waals surface area (Å²) >= 11 is 0. The number of nitrogens with zero attached hydrogens (tertiary/aromatic N) is 4. The van der Waals surface area contributed by atoms with E-state index in [4.69, 9.17) is 5.73 Å². The Morgan fingerprint density at radius 1 is 0.892 bits per heavy atom. The molecule has 3 atom stereocenters. The number of hydrogen-bond acceptors (Lipinski definition) is 5. The van der Waals surface area contributed by atoms with Crippen LogP contribution in [0.1, 0.15) is 33.1 Å². The molecule has 6 rings (SSSR count).